The predicted molar refractivity (Wildman–Crippen MR) is 52.9 cm³/mol. The molecule has 1 aliphatic heterocycles. The Hall–Kier alpha value is -2.44. The summed E-state index contributed by atoms with van der Waals surface area (Å²) in [7, 11) is 0. The lowest BCUT2D eigenvalue weighted by Gasteiger charge is -2.21. The van der Waals surface area contributed by atoms with Crippen molar-refractivity contribution in [1.29, 1.82) is 0 Å². The molecular weight excluding hydrogens is 229 g/mol. The van der Waals surface area contributed by atoms with Gasteiger partial charge in [-0.05, 0) is 17.7 Å². The van der Waals surface area contributed by atoms with Gasteiger partial charge in [0.1, 0.15) is 5.82 Å². The van der Waals surface area contributed by atoms with Crippen molar-refractivity contribution in [3.05, 3.63) is 35.6 Å². The van der Waals surface area contributed by atoms with E-state index in [1.165, 1.54) is 12.1 Å². The first-order valence-electron chi connectivity index (χ1n) is 4.61. The van der Waals surface area contributed by atoms with E-state index in [-0.39, 0.29) is 5.56 Å². The molecule has 1 unspecified atom stereocenters. The number of hydrogen-bond acceptors (Lipinski definition) is 3. The van der Waals surface area contributed by atoms with Crippen LogP contribution < -0.4 is 16.4 Å². The standard InChI is InChI=1S/C10H7FN3O3/c11-6-3-1-5(2-4-6)10(7(12)15)8(16)13-9(17)14-10/h1-4H,(H2,12,15)(H,14,17). The second-order valence-corrected chi connectivity index (χ2v) is 3.47. The molecular formula is C10H7FN3O3. The Morgan fingerprint density at radius 3 is 2.29 bits per heavy atom. The van der Waals surface area contributed by atoms with Crippen LogP contribution in [-0.2, 0) is 15.1 Å². The van der Waals surface area contributed by atoms with Gasteiger partial charge in [0.2, 0.25) is 5.54 Å². The normalized spacial score (nSPS) is 23.1. The topological polar surface area (TPSA) is 103 Å². The van der Waals surface area contributed by atoms with Crippen molar-refractivity contribution in [1.82, 2.24) is 10.6 Å². The van der Waals surface area contributed by atoms with E-state index in [1.807, 2.05) is 0 Å². The Morgan fingerprint density at radius 1 is 1.29 bits per heavy atom. The Balaban J connectivity index is 2.56. The molecule has 6 nitrogen and oxygen atoms in total. The van der Waals surface area contributed by atoms with E-state index in [1.54, 1.807) is 0 Å². The van der Waals surface area contributed by atoms with Gasteiger partial charge in [-0.25, -0.2) is 9.18 Å². The van der Waals surface area contributed by atoms with Gasteiger partial charge in [0, 0.05) is 0 Å². The lowest BCUT2D eigenvalue weighted by atomic mass is 9.89. The molecule has 1 heterocycles. The van der Waals surface area contributed by atoms with Crippen molar-refractivity contribution >= 4 is 17.8 Å². The first kappa shape index (κ1) is 11.1. The minimum absolute atomic E-state index is 0.0750. The van der Waals surface area contributed by atoms with E-state index in [4.69, 9.17) is 5.73 Å². The number of amides is 4. The highest BCUT2D eigenvalue weighted by molar-refractivity contribution is 6.19. The number of nitrogens with one attached hydrogen (secondary N) is 1. The molecule has 7 heteroatoms. The zero-order chi connectivity index (χ0) is 12.6. The predicted octanol–water partition coefficient (Wildman–Crippen LogP) is -0.640. The molecule has 1 atom stereocenters. The maximum atomic E-state index is 12.8. The number of nitrogens with two attached hydrogens (primary N) is 1. The van der Waals surface area contributed by atoms with Crippen molar-refractivity contribution in [3.8, 4) is 0 Å². The van der Waals surface area contributed by atoms with Crippen LogP contribution in [-0.4, -0.2) is 17.8 Å². The quantitative estimate of drug-likeness (QED) is 0.527. The van der Waals surface area contributed by atoms with Gasteiger partial charge in [0.05, 0.1) is 0 Å². The minimum atomic E-state index is -2.02. The molecule has 4 amide bonds. The summed E-state index contributed by atoms with van der Waals surface area (Å²) in [6.45, 7) is 0. The van der Waals surface area contributed by atoms with Gasteiger partial charge in [-0.1, -0.05) is 12.1 Å². The number of nitrogens with zero attached hydrogens (tertiary/aromatic N) is 1. The maximum absolute atomic E-state index is 12.8. The van der Waals surface area contributed by atoms with Crippen LogP contribution in [0, 0.1) is 5.82 Å². The molecule has 0 spiro atoms. The summed E-state index contributed by atoms with van der Waals surface area (Å²) in [5, 5.41) is 5.18. The van der Waals surface area contributed by atoms with Crippen LogP contribution in [0.3, 0.4) is 0 Å². The smallest absolute Gasteiger partial charge is 0.345 e. The number of rotatable bonds is 2. The zero-order valence-corrected chi connectivity index (χ0v) is 8.44. The van der Waals surface area contributed by atoms with Crippen LogP contribution >= 0.6 is 0 Å². The van der Waals surface area contributed by atoms with Crippen molar-refractivity contribution in [2.75, 3.05) is 0 Å². The third-order valence-electron chi connectivity index (χ3n) is 2.47. The van der Waals surface area contributed by atoms with Crippen molar-refractivity contribution in [2.45, 2.75) is 5.54 Å². The summed E-state index contributed by atoms with van der Waals surface area (Å²) in [6.07, 6.45) is 0. The molecule has 1 aromatic rings. The summed E-state index contributed by atoms with van der Waals surface area (Å²) in [6, 6.07) is 3.55. The van der Waals surface area contributed by atoms with Crippen LogP contribution in [0.2, 0.25) is 0 Å². The third-order valence-corrected chi connectivity index (χ3v) is 2.47. The molecule has 0 aromatic heterocycles. The highest BCUT2D eigenvalue weighted by Gasteiger charge is 2.54. The third kappa shape index (κ3) is 1.52. The molecule has 0 aliphatic carbocycles. The van der Waals surface area contributed by atoms with Crippen LogP contribution in [0.15, 0.2) is 24.3 Å². The van der Waals surface area contributed by atoms with Gasteiger partial charge in [-0.3, -0.25) is 9.59 Å². The minimum Gasteiger partial charge on any atom is -0.367 e. The summed E-state index contributed by atoms with van der Waals surface area (Å²) in [4.78, 5) is 34.0. The number of benzene rings is 1. The molecule has 17 heavy (non-hydrogen) atoms. The Labute approximate surface area is 95.0 Å². The van der Waals surface area contributed by atoms with Crippen LogP contribution in [0.25, 0.3) is 0 Å². The van der Waals surface area contributed by atoms with Gasteiger partial charge in [0.25, 0.3) is 11.8 Å². The number of halogens is 1. The van der Waals surface area contributed by atoms with E-state index < -0.39 is 29.2 Å². The molecule has 2 rings (SSSR count). The van der Waals surface area contributed by atoms with Crippen LogP contribution in [0.1, 0.15) is 5.56 Å². The second-order valence-electron chi connectivity index (χ2n) is 3.47. The fourth-order valence-electron chi connectivity index (χ4n) is 1.62. The largest absolute Gasteiger partial charge is 0.367 e. The average Bonchev–Trinajstić information content (AvgIpc) is 2.56. The Bertz CT molecular complexity index is 514. The van der Waals surface area contributed by atoms with E-state index in [2.05, 4.69) is 10.6 Å². The van der Waals surface area contributed by atoms with Crippen LogP contribution in [0.5, 0.6) is 0 Å². The number of imide groups is 1. The SMILES string of the molecule is NC(=O)C1(c2ccc(F)cc2)NC(=O)[N]C1=O. The van der Waals surface area contributed by atoms with Gasteiger partial charge in [-0.15, -0.1) is 0 Å². The molecule has 3 N–H and O–H groups in total. The van der Waals surface area contributed by atoms with Crippen LogP contribution in [0.4, 0.5) is 9.18 Å². The molecule has 1 aliphatic rings. The summed E-state index contributed by atoms with van der Waals surface area (Å²) in [5.41, 5.74) is 3.18. The molecule has 0 saturated carbocycles. The number of primary amides is 1. The summed E-state index contributed by atoms with van der Waals surface area (Å²) >= 11 is 0. The lowest BCUT2D eigenvalue weighted by molar-refractivity contribution is -0.134. The van der Waals surface area contributed by atoms with E-state index >= 15 is 0 Å². The molecule has 1 saturated heterocycles. The molecule has 87 valence electrons. The first-order valence-corrected chi connectivity index (χ1v) is 4.61. The van der Waals surface area contributed by atoms with Crippen molar-refractivity contribution < 1.29 is 18.8 Å². The highest BCUT2D eigenvalue weighted by Crippen LogP contribution is 2.25. The Morgan fingerprint density at radius 2 is 1.88 bits per heavy atom. The van der Waals surface area contributed by atoms with Crippen molar-refractivity contribution in [2.24, 2.45) is 5.73 Å². The van der Waals surface area contributed by atoms with Gasteiger partial charge >= 0.3 is 6.03 Å². The number of hydrogen-bond donors (Lipinski definition) is 2. The van der Waals surface area contributed by atoms with E-state index in [9.17, 15) is 18.8 Å². The molecule has 1 radical (unpaired) electrons. The number of carbonyl (C=O) groups excluding carboxylic acids is 3. The average molecular weight is 236 g/mol. The van der Waals surface area contributed by atoms with Crippen molar-refractivity contribution in [3.63, 3.8) is 0 Å². The molecule has 1 fully saturated rings. The first-order chi connectivity index (χ1) is 7.96. The monoisotopic (exact) mass is 236 g/mol. The maximum Gasteiger partial charge on any atom is 0.345 e. The van der Waals surface area contributed by atoms with Gasteiger partial charge in [0.15, 0.2) is 0 Å². The lowest BCUT2D eigenvalue weighted by Crippen LogP contribution is -2.54. The summed E-state index contributed by atoms with van der Waals surface area (Å²) < 4.78 is 12.8. The molecule has 1 aromatic carbocycles. The fraction of sp³-hybridized carbons (Fsp3) is 0.100. The Kier molecular flexibility index (Phi) is 2.31. The van der Waals surface area contributed by atoms with Gasteiger partial charge < -0.3 is 11.1 Å². The molecule has 0 bridgehead atoms. The van der Waals surface area contributed by atoms with E-state index in [0.717, 1.165) is 12.1 Å². The van der Waals surface area contributed by atoms with E-state index in [0.29, 0.717) is 0 Å². The zero-order valence-electron chi connectivity index (χ0n) is 8.44. The second kappa shape index (κ2) is 3.55. The summed E-state index contributed by atoms with van der Waals surface area (Å²) in [5.74, 6) is -2.60. The number of carbonyl (C=O) groups is 3. The van der Waals surface area contributed by atoms with Gasteiger partial charge in [-0.2, -0.15) is 5.32 Å². The fourth-order valence-corrected chi connectivity index (χ4v) is 1.62. The highest BCUT2D eigenvalue weighted by atomic mass is 19.1. The number of urea groups is 1.